The van der Waals surface area contributed by atoms with Crippen molar-refractivity contribution in [3.8, 4) is 0 Å². The van der Waals surface area contributed by atoms with Gasteiger partial charge >= 0.3 is 0 Å². The number of aliphatic hydroxyl groups is 1. The first-order valence-electron chi connectivity index (χ1n) is 5.78. The van der Waals surface area contributed by atoms with Gasteiger partial charge in [-0.15, -0.1) is 0 Å². The minimum absolute atomic E-state index is 0.178. The largest absolute Gasteiger partial charge is 0.391 e. The average Bonchev–Trinajstić information content (AvgIpc) is 2.26. The van der Waals surface area contributed by atoms with Crippen LogP contribution in [0.2, 0.25) is 0 Å². The Balaban J connectivity index is 3.88. The van der Waals surface area contributed by atoms with Gasteiger partial charge in [0.2, 0.25) is 5.91 Å². The number of hydrogen-bond acceptors (Lipinski definition) is 3. The SMILES string of the molecule is CCC(N)C(=O)NCC(O)C(CC)CC. The van der Waals surface area contributed by atoms with Gasteiger partial charge in [0.05, 0.1) is 12.1 Å². The number of nitrogens with two attached hydrogens (primary N) is 1. The van der Waals surface area contributed by atoms with Gasteiger partial charge in [-0.3, -0.25) is 4.79 Å². The standard InChI is InChI=1S/C11H24N2O2/c1-4-8(5-2)10(14)7-13-11(15)9(12)6-3/h8-10,14H,4-7,12H2,1-3H3,(H,13,15). The second-order valence-corrected chi connectivity index (χ2v) is 3.90. The molecule has 0 saturated carbocycles. The van der Waals surface area contributed by atoms with Crippen LogP contribution in [-0.2, 0) is 4.79 Å². The van der Waals surface area contributed by atoms with Gasteiger partial charge in [0.1, 0.15) is 0 Å². The molecule has 0 heterocycles. The molecular weight excluding hydrogens is 192 g/mol. The van der Waals surface area contributed by atoms with Gasteiger partial charge in [-0.05, 0) is 12.3 Å². The predicted molar refractivity (Wildman–Crippen MR) is 61.4 cm³/mol. The molecule has 0 aromatic carbocycles. The van der Waals surface area contributed by atoms with Gasteiger partial charge < -0.3 is 16.2 Å². The maximum absolute atomic E-state index is 11.3. The lowest BCUT2D eigenvalue weighted by molar-refractivity contribution is -0.123. The highest BCUT2D eigenvalue weighted by Gasteiger charge is 2.17. The zero-order valence-corrected chi connectivity index (χ0v) is 9.99. The molecule has 2 atom stereocenters. The highest BCUT2D eigenvalue weighted by molar-refractivity contribution is 5.81. The van der Waals surface area contributed by atoms with Crippen molar-refractivity contribution in [1.29, 1.82) is 0 Å². The lowest BCUT2D eigenvalue weighted by Gasteiger charge is -2.21. The van der Waals surface area contributed by atoms with E-state index in [0.29, 0.717) is 13.0 Å². The molecule has 1 amide bonds. The molecule has 15 heavy (non-hydrogen) atoms. The van der Waals surface area contributed by atoms with Gasteiger partial charge in [0, 0.05) is 6.54 Å². The molecule has 0 aliphatic rings. The summed E-state index contributed by atoms with van der Waals surface area (Å²) in [4.78, 5) is 11.3. The Morgan fingerprint density at radius 2 is 1.80 bits per heavy atom. The maximum atomic E-state index is 11.3. The number of rotatable bonds is 7. The predicted octanol–water partition coefficient (Wildman–Crippen LogP) is 0.637. The fourth-order valence-electron chi connectivity index (χ4n) is 1.52. The van der Waals surface area contributed by atoms with Gasteiger partial charge in [0.25, 0.3) is 0 Å². The first kappa shape index (κ1) is 14.4. The Bertz CT molecular complexity index is 181. The summed E-state index contributed by atoms with van der Waals surface area (Å²) in [7, 11) is 0. The molecule has 0 spiro atoms. The summed E-state index contributed by atoms with van der Waals surface area (Å²) in [6.07, 6.45) is 2.00. The van der Waals surface area contributed by atoms with Crippen LogP contribution >= 0.6 is 0 Å². The third kappa shape index (κ3) is 5.14. The third-order valence-electron chi connectivity index (χ3n) is 2.85. The second-order valence-electron chi connectivity index (χ2n) is 3.90. The monoisotopic (exact) mass is 216 g/mol. The van der Waals surface area contributed by atoms with Crippen LogP contribution in [0.3, 0.4) is 0 Å². The second kappa shape index (κ2) is 7.65. The van der Waals surface area contributed by atoms with Gasteiger partial charge in [-0.1, -0.05) is 33.6 Å². The highest BCUT2D eigenvalue weighted by atomic mass is 16.3. The van der Waals surface area contributed by atoms with E-state index in [-0.39, 0.29) is 11.8 Å². The third-order valence-corrected chi connectivity index (χ3v) is 2.85. The van der Waals surface area contributed by atoms with E-state index in [1.165, 1.54) is 0 Å². The zero-order chi connectivity index (χ0) is 11.8. The summed E-state index contributed by atoms with van der Waals surface area (Å²) in [5.74, 6) is 0.0747. The van der Waals surface area contributed by atoms with Crippen LogP contribution in [0.25, 0.3) is 0 Å². The Hall–Kier alpha value is -0.610. The van der Waals surface area contributed by atoms with Gasteiger partial charge in [-0.25, -0.2) is 0 Å². The van der Waals surface area contributed by atoms with Crippen LogP contribution in [0.15, 0.2) is 0 Å². The molecule has 2 unspecified atom stereocenters. The van der Waals surface area contributed by atoms with Crippen LogP contribution < -0.4 is 11.1 Å². The molecule has 0 aromatic rings. The summed E-state index contributed by atoms with van der Waals surface area (Å²) < 4.78 is 0. The lowest BCUT2D eigenvalue weighted by Crippen LogP contribution is -2.44. The van der Waals surface area contributed by atoms with Crippen LogP contribution in [0.5, 0.6) is 0 Å². The van der Waals surface area contributed by atoms with Crippen LogP contribution in [0, 0.1) is 5.92 Å². The highest BCUT2D eigenvalue weighted by Crippen LogP contribution is 2.12. The summed E-state index contributed by atoms with van der Waals surface area (Å²) in [6.45, 7) is 6.24. The van der Waals surface area contributed by atoms with Gasteiger partial charge in [-0.2, -0.15) is 0 Å². The number of carbonyl (C=O) groups excluding carboxylic acids is 1. The molecule has 4 N–H and O–H groups in total. The summed E-state index contributed by atoms with van der Waals surface area (Å²) in [6, 6.07) is -0.459. The quantitative estimate of drug-likeness (QED) is 0.584. The van der Waals surface area contributed by atoms with Crippen LogP contribution in [0.4, 0.5) is 0 Å². The Labute approximate surface area is 92.2 Å². The molecule has 4 nitrogen and oxygen atoms in total. The molecule has 0 fully saturated rings. The van der Waals surface area contributed by atoms with Crippen molar-refractivity contribution < 1.29 is 9.90 Å². The number of carbonyl (C=O) groups is 1. The van der Waals surface area contributed by atoms with Crippen molar-refractivity contribution in [1.82, 2.24) is 5.32 Å². The summed E-state index contributed by atoms with van der Waals surface area (Å²) in [5, 5.41) is 12.4. The molecule has 4 heteroatoms. The van der Waals surface area contributed by atoms with Crippen molar-refractivity contribution in [2.24, 2.45) is 11.7 Å². The van der Waals surface area contributed by atoms with Crippen LogP contribution in [0.1, 0.15) is 40.0 Å². The first-order valence-corrected chi connectivity index (χ1v) is 5.78. The van der Waals surface area contributed by atoms with E-state index in [1.54, 1.807) is 0 Å². The number of amides is 1. The molecule has 0 bridgehead atoms. The average molecular weight is 216 g/mol. The first-order chi connectivity index (χ1) is 7.06. The van der Waals surface area contributed by atoms with Crippen molar-refractivity contribution in [3.05, 3.63) is 0 Å². The smallest absolute Gasteiger partial charge is 0.236 e. The molecular formula is C11H24N2O2. The topological polar surface area (TPSA) is 75.4 Å². The van der Waals surface area contributed by atoms with Gasteiger partial charge in [0.15, 0.2) is 0 Å². The van der Waals surface area contributed by atoms with E-state index in [1.807, 2.05) is 20.8 Å². The summed E-state index contributed by atoms with van der Waals surface area (Å²) in [5.41, 5.74) is 5.55. The molecule has 0 aromatic heterocycles. The van der Waals surface area contributed by atoms with Crippen LogP contribution in [-0.4, -0.2) is 29.7 Å². The maximum Gasteiger partial charge on any atom is 0.236 e. The molecule has 0 radical (unpaired) electrons. The van der Waals surface area contributed by atoms with E-state index in [9.17, 15) is 9.90 Å². The fraction of sp³-hybridized carbons (Fsp3) is 0.909. The Kier molecular flexibility index (Phi) is 7.34. The number of nitrogens with one attached hydrogen (secondary N) is 1. The molecule has 0 saturated heterocycles. The minimum Gasteiger partial charge on any atom is -0.391 e. The molecule has 0 rings (SSSR count). The molecule has 0 aliphatic carbocycles. The van der Waals surface area contributed by atoms with Crippen molar-refractivity contribution in [2.45, 2.75) is 52.2 Å². The fourth-order valence-corrected chi connectivity index (χ4v) is 1.52. The van der Waals surface area contributed by atoms with E-state index in [2.05, 4.69) is 5.32 Å². The molecule has 90 valence electrons. The normalized spacial score (nSPS) is 15.1. The summed E-state index contributed by atoms with van der Waals surface area (Å²) >= 11 is 0. The molecule has 0 aliphatic heterocycles. The van der Waals surface area contributed by atoms with E-state index >= 15 is 0 Å². The van der Waals surface area contributed by atoms with E-state index in [4.69, 9.17) is 5.73 Å². The Morgan fingerprint density at radius 3 is 2.20 bits per heavy atom. The van der Waals surface area contributed by atoms with E-state index < -0.39 is 12.1 Å². The minimum atomic E-state index is -0.465. The number of aliphatic hydroxyl groups excluding tert-OH is 1. The number of hydrogen-bond donors (Lipinski definition) is 3. The van der Waals surface area contributed by atoms with E-state index in [0.717, 1.165) is 12.8 Å². The van der Waals surface area contributed by atoms with Crippen molar-refractivity contribution in [2.75, 3.05) is 6.54 Å². The van der Waals surface area contributed by atoms with Crippen molar-refractivity contribution >= 4 is 5.91 Å². The zero-order valence-electron chi connectivity index (χ0n) is 9.99. The lowest BCUT2D eigenvalue weighted by atomic mass is 9.96. The Morgan fingerprint density at radius 1 is 1.27 bits per heavy atom. The van der Waals surface area contributed by atoms with Crippen molar-refractivity contribution in [3.63, 3.8) is 0 Å².